The van der Waals surface area contributed by atoms with Crippen molar-refractivity contribution in [2.45, 2.75) is 24.8 Å². The predicted molar refractivity (Wildman–Crippen MR) is 131 cm³/mol. The van der Waals surface area contributed by atoms with E-state index in [0.29, 0.717) is 18.2 Å². The van der Waals surface area contributed by atoms with Crippen LogP contribution in [0.25, 0.3) is 0 Å². The van der Waals surface area contributed by atoms with Crippen LogP contribution in [0.4, 0.5) is 5.69 Å². The lowest BCUT2D eigenvalue weighted by Crippen LogP contribution is -2.41. The van der Waals surface area contributed by atoms with Crippen molar-refractivity contribution in [2.75, 3.05) is 24.6 Å². The van der Waals surface area contributed by atoms with E-state index in [-0.39, 0.29) is 29.4 Å². The zero-order valence-corrected chi connectivity index (χ0v) is 20.3. The lowest BCUT2D eigenvalue weighted by atomic mass is 9.96. The number of para-hydroxylation sites is 1. The molecule has 0 unspecified atom stereocenters. The molecule has 9 heteroatoms. The summed E-state index contributed by atoms with van der Waals surface area (Å²) in [6, 6.07) is 15.3. The van der Waals surface area contributed by atoms with Gasteiger partial charge in [0.2, 0.25) is 10.0 Å². The minimum atomic E-state index is -3.33. The van der Waals surface area contributed by atoms with E-state index in [9.17, 15) is 8.42 Å². The summed E-state index contributed by atoms with van der Waals surface area (Å²) in [7, 11) is -1.62. The van der Waals surface area contributed by atoms with Crippen molar-refractivity contribution < 1.29 is 8.42 Å². The Balaban J connectivity index is 0.00000300. The van der Waals surface area contributed by atoms with Crippen molar-refractivity contribution in [2.24, 2.45) is 4.99 Å². The number of nitrogens with zero attached hydrogens (tertiary/aromatic N) is 1. The zero-order valence-electron chi connectivity index (χ0n) is 16.4. The molecular weight excluding hydrogens is 523 g/mol. The summed E-state index contributed by atoms with van der Waals surface area (Å²) in [5.41, 5.74) is 2.74. The number of sulfonamides is 1. The average Bonchev–Trinajstić information content (AvgIpc) is 3.43. The Morgan fingerprint density at radius 2 is 1.86 bits per heavy atom. The Morgan fingerprint density at radius 1 is 1.14 bits per heavy atom. The summed E-state index contributed by atoms with van der Waals surface area (Å²) in [6.07, 6.45) is 3.36. The maximum absolute atomic E-state index is 11.5. The van der Waals surface area contributed by atoms with Gasteiger partial charge in [-0.2, -0.15) is 0 Å². The van der Waals surface area contributed by atoms with Crippen molar-refractivity contribution in [3.8, 4) is 0 Å². The van der Waals surface area contributed by atoms with E-state index in [1.165, 1.54) is 5.56 Å². The number of nitrogens with one attached hydrogen (secondary N) is 3. The molecule has 1 aliphatic carbocycles. The first-order chi connectivity index (χ1) is 13.3. The van der Waals surface area contributed by atoms with Gasteiger partial charge in [0.1, 0.15) is 0 Å². The van der Waals surface area contributed by atoms with Crippen LogP contribution in [0.5, 0.6) is 0 Å². The molecule has 0 aromatic heterocycles. The number of hydrogen-bond acceptors (Lipinski definition) is 3. The fourth-order valence-electron chi connectivity index (χ4n) is 3.16. The number of anilines is 1. The van der Waals surface area contributed by atoms with E-state index in [2.05, 4.69) is 26.4 Å². The maximum Gasteiger partial charge on any atom is 0.229 e. The minimum Gasteiger partial charge on any atom is -0.356 e. The van der Waals surface area contributed by atoms with Gasteiger partial charge in [0.15, 0.2) is 5.96 Å². The third-order valence-electron chi connectivity index (χ3n) is 4.87. The molecule has 0 saturated heterocycles. The second kappa shape index (κ2) is 9.99. The van der Waals surface area contributed by atoms with Gasteiger partial charge in [0, 0.05) is 30.6 Å². The first-order valence-corrected chi connectivity index (χ1v) is 11.3. The van der Waals surface area contributed by atoms with E-state index in [4.69, 9.17) is 11.6 Å². The highest BCUT2D eigenvalue weighted by Gasteiger charge is 2.44. The van der Waals surface area contributed by atoms with Crippen molar-refractivity contribution >= 4 is 57.2 Å². The van der Waals surface area contributed by atoms with Gasteiger partial charge in [0.05, 0.1) is 11.9 Å². The van der Waals surface area contributed by atoms with Gasteiger partial charge in [-0.05, 0) is 42.2 Å². The Labute approximate surface area is 194 Å². The van der Waals surface area contributed by atoms with Gasteiger partial charge in [-0.3, -0.25) is 9.71 Å². The maximum atomic E-state index is 11.5. The smallest absolute Gasteiger partial charge is 0.229 e. The molecule has 2 aromatic rings. The molecule has 0 radical (unpaired) electrons. The zero-order chi connectivity index (χ0) is 20.2. The molecule has 0 atom stereocenters. The molecule has 0 bridgehead atoms. The third-order valence-corrected chi connectivity index (χ3v) is 5.69. The molecule has 3 N–H and O–H groups in total. The first-order valence-electron chi connectivity index (χ1n) is 9.08. The molecule has 0 aliphatic heterocycles. The van der Waals surface area contributed by atoms with E-state index in [1.54, 1.807) is 19.2 Å². The van der Waals surface area contributed by atoms with Gasteiger partial charge in [-0.25, -0.2) is 8.42 Å². The predicted octanol–water partition coefficient (Wildman–Crippen LogP) is 3.73. The number of rotatable bonds is 7. The summed E-state index contributed by atoms with van der Waals surface area (Å²) in [6.45, 7) is 1.21. The second-order valence-electron chi connectivity index (χ2n) is 7.10. The number of benzene rings is 2. The number of aliphatic imine (C=N–C) groups is 1. The summed E-state index contributed by atoms with van der Waals surface area (Å²) in [5, 5.41) is 7.39. The van der Waals surface area contributed by atoms with Crippen LogP contribution in [-0.4, -0.2) is 34.2 Å². The number of halogens is 2. The molecule has 0 spiro atoms. The molecule has 29 heavy (non-hydrogen) atoms. The highest BCUT2D eigenvalue weighted by molar-refractivity contribution is 14.0. The minimum absolute atomic E-state index is 0. The van der Waals surface area contributed by atoms with Crippen molar-refractivity contribution in [3.05, 3.63) is 64.7 Å². The van der Waals surface area contributed by atoms with Crippen LogP contribution < -0.4 is 15.4 Å². The van der Waals surface area contributed by atoms with Crippen molar-refractivity contribution in [1.82, 2.24) is 10.6 Å². The van der Waals surface area contributed by atoms with Crippen LogP contribution in [0.2, 0.25) is 5.02 Å². The molecule has 0 heterocycles. The lowest BCUT2D eigenvalue weighted by Gasteiger charge is -2.20. The quantitative estimate of drug-likeness (QED) is 0.280. The van der Waals surface area contributed by atoms with Gasteiger partial charge < -0.3 is 10.6 Å². The van der Waals surface area contributed by atoms with Crippen molar-refractivity contribution in [3.63, 3.8) is 0 Å². The molecule has 0 amide bonds. The largest absolute Gasteiger partial charge is 0.356 e. The topological polar surface area (TPSA) is 82.6 Å². The lowest BCUT2D eigenvalue weighted by molar-refractivity contribution is 0.606. The van der Waals surface area contributed by atoms with Gasteiger partial charge >= 0.3 is 0 Å². The van der Waals surface area contributed by atoms with Crippen LogP contribution in [0.1, 0.15) is 24.0 Å². The Hall–Kier alpha value is -1.52. The van der Waals surface area contributed by atoms with Crippen LogP contribution in [0.15, 0.2) is 53.5 Å². The number of guanidine groups is 1. The molecule has 2 aromatic carbocycles. The Morgan fingerprint density at radius 3 is 2.48 bits per heavy atom. The van der Waals surface area contributed by atoms with Gasteiger partial charge in [-0.1, -0.05) is 41.9 Å². The molecule has 158 valence electrons. The van der Waals surface area contributed by atoms with E-state index < -0.39 is 10.0 Å². The summed E-state index contributed by atoms with van der Waals surface area (Å²) < 4.78 is 25.6. The summed E-state index contributed by atoms with van der Waals surface area (Å²) in [5.74, 6) is 0.669. The Bertz CT molecular complexity index is 978. The van der Waals surface area contributed by atoms with E-state index in [0.717, 1.165) is 36.2 Å². The second-order valence-corrected chi connectivity index (χ2v) is 9.29. The number of hydrogen-bond donors (Lipinski definition) is 3. The van der Waals surface area contributed by atoms with Crippen LogP contribution in [-0.2, 0) is 22.0 Å². The molecule has 3 rings (SSSR count). The SMILES string of the molecule is CN=C(NCc1ccccc1NS(C)(=O)=O)NCC1(c2cccc(Cl)c2)CC1.I. The van der Waals surface area contributed by atoms with Crippen LogP contribution in [0.3, 0.4) is 0 Å². The molecule has 1 saturated carbocycles. The molecule has 1 aliphatic rings. The average molecular weight is 549 g/mol. The highest BCUT2D eigenvalue weighted by atomic mass is 127. The normalized spacial score (nSPS) is 15.2. The van der Waals surface area contributed by atoms with Crippen LogP contribution in [0, 0.1) is 0 Å². The fraction of sp³-hybridized carbons (Fsp3) is 0.350. The van der Waals surface area contributed by atoms with Crippen LogP contribution >= 0.6 is 35.6 Å². The Kier molecular flexibility index (Phi) is 8.18. The third kappa shape index (κ3) is 6.75. The fourth-order valence-corrected chi connectivity index (χ4v) is 3.95. The standard InChI is InChI=1S/C20H25ClN4O2S.HI/c1-22-19(23-13-15-6-3-4-9-18(15)25-28(2,26)27)24-14-20(10-11-20)16-7-5-8-17(21)12-16;/h3-9,12,25H,10-11,13-14H2,1-2H3,(H2,22,23,24);1H. The van der Waals surface area contributed by atoms with Crippen molar-refractivity contribution in [1.29, 1.82) is 0 Å². The van der Waals surface area contributed by atoms with Gasteiger partial charge in [0.25, 0.3) is 0 Å². The van der Waals surface area contributed by atoms with E-state index in [1.807, 2.05) is 30.3 Å². The molecule has 6 nitrogen and oxygen atoms in total. The van der Waals surface area contributed by atoms with Gasteiger partial charge in [-0.15, -0.1) is 24.0 Å². The summed E-state index contributed by atoms with van der Waals surface area (Å²) >= 11 is 6.14. The molecular formula is C20H26ClIN4O2S. The summed E-state index contributed by atoms with van der Waals surface area (Å²) in [4.78, 5) is 4.28. The highest BCUT2D eigenvalue weighted by Crippen LogP contribution is 2.48. The monoisotopic (exact) mass is 548 g/mol. The first kappa shape index (κ1) is 23.8. The molecule has 1 fully saturated rings. The van der Waals surface area contributed by atoms with E-state index >= 15 is 0 Å².